The summed E-state index contributed by atoms with van der Waals surface area (Å²) in [7, 11) is 0. The van der Waals surface area contributed by atoms with E-state index in [0.717, 1.165) is 44.0 Å². The molecule has 0 spiro atoms. The number of nitrogens with one attached hydrogen (secondary N) is 1. The van der Waals surface area contributed by atoms with E-state index in [9.17, 15) is 14.4 Å². The Labute approximate surface area is 194 Å². The maximum absolute atomic E-state index is 15.1. The molecule has 3 fully saturated rings. The highest BCUT2D eigenvalue weighted by Gasteiger charge is 2.40. The number of halogens is 1. The van der Waals surface area contributed by atoms with Gasteiger partial charge in [0.2, 0.25) is 11.8 Å². The van der Waals surface area contributed by atoms with E-state index in [1.54, 1.807) is 0 Å². The zero-order valence-corrected chi connectivity index (χ0v) is 19.3. The third kappa shape index (κ3) is 4.70. The number of rotatable bonds is 5. The molecule has 1 unspecified atom stereocenters. The first-order chi connectivity index (χ1) is 16.0. The predicted molar refractivity (Wildman–Crippen MR) is 122 cm³/mol. The lowest BCUT2D eigenvalue weighted by Gasteiger charge is -2.33. The minimum atomic E-state index is -0.665. The number of carbonyl (C=O) groups excluding carboxylic acids is 3. The third-order valence-electron chi connectivity index (χ3n) is 8.25. The number of piperidine rings is 2. The molecule has 2 saturated heterocycles. The second kappa shape index (κ2) is 9.53. The number of hydrogen-bond acceptors (Lipinski definition) is 4. The summed E-state index contributed by atoms with van der Waals surface area (Å²) < 4.78 is 15.1. The number of amides is 3. The fourth-order valence-corrected chi connectivity index (χ4v) is 6.23. The highest BCUT2D eigenvalue weighted by molar-refractivity contribution is 6.05. The average molecular weight is 456 g/mol. The van der Waals surface area contributed by atoms with Crippen molar-refractivity contribution in [3.05, 3.63) is 34.6 Å². The van der Waals surface area contributed by atoms with Crippen molar-refractivity contribution >= 4 is 17.7 Å². The molecule has 1 saturated carbocycles. The molecule has 1 aromatic carbocycles. The SMILES string of the molecule is O=C1CCC(N2Cc3cc(C4CCN(CCC5CCCCC5)CC4)c(F)cc3C2=O)C(=O)N1. The van der Waals surface area contributed by atoms with Crippen LogP contribution in [0.25, 0.3) is 0 Å². The Bertz CT molecular complexity index is 935. The number of likely N-dealkylation sites (tertiary alicyclic amines) is 1. The minimum absolute atomic E-state index is 0.168. The maximum atomic E-state index is 15.1. The van der Waals surface area contributed by atoms with Gasteiger partial charge >= 0.3 is 0 Å². The van der Waals surface area contributed by atoms with E-state index in [1.165, 1.54) is 49.5 Å². The summed E-state index contributed by atoms with van der Waals surface area (Å²) in [5.41, 5.74) is 1.85. The average Bonchev–Trinajstić information content (AvgIpc) is 3.13. The highest BCUT2D eigenvalue weighted by Crippen LogP contribution is 2.36. The van der Waals surface area contributed by atoms with Crippen molar-refractivity contribution in [2.24, 2.45) is 5.92 Å². The van der Waals surface area contributed by atoms with Gasteiger partial charge in [0, 0.05) is 18.5 Å². The van der Waals surface area contributed by atoms with E-state index >= 15 is 4.39 Å². The summed E-state index contributed by atoms with van der Waals surface area (Å²) in [5, 5.41) is 2.31. The van der Waals surface area contributed by atoms with Gasteiger partial charge in [0.15, 0.2) is 0 Å². The molecule has 1 N–H and O–H groups in total. The first-order valence-electron chi connectivity index (χ1n) is 12.7. The first-order valence-corrected chi connectivity index (χ1v) is 12.7. The van der Waals surface area contributed by atoms with Crippen LogP contribution in [0.3, 0.4) is 0 Å². The highest BCUT2D eigenvalue weighted by atomic mass is 19.1. The van der Waals surface area contributed by atoms with Gasteiger partial charge in [-0.15, -0.1) is 0 Å². The Morgan fingerprint density at radius 3 is 2.45 bits per heavy atom. The Morgan fingerprint density at radius 2 is 1.73 bits per heavy atom. The van der Waals surface area contributed by atoms with Gasteiger partial charge in [-0.25, -0.2) is 4.39 Å². The molecule has 0 bridgehead atoms. The van der Waals surface area contributed by atoms with E-state index < -0.39 is 11.9 Å². The van der Waals surface area contributed by atoms with Crippen molar-refractivity contribution in [3.63, 3.8) is 0 Å². The molecule has 5 rings (SSSR count). The largest absolute Gasteiger partial charge is 0.322 e. The topological polar surface area (TPSA) is 69.7 Å². The van der Waals surface area contributed by atoms with Gasteiger partial charge < -0.3 is 9.80 Å². The lowest BCUT2D eigenvalue weighted by molar-refractivity contribution is -0.136. The molecule has 3 aliphatic heterocycles. The van der Waals surface area contributed by atoms with Gasteiger partial charge in [0.1, 0.15) is 11.9 Å². The van der Waals surface area contributed by atoms with Crippen LogP contribution in [0.4, 0.5) is 4.39 Å². The van der Waals surface area contributed by atoms with Gasteiger partial charge in [-0.05, 0) is 74.3 Å². The van der Waals surface area contributed by atoms with Gasteiger partial charge in [0.05, 0.1) is 0 Å². The zero-order chi connectivity index (χ0) is 22.9. The predicted octanol–water partition coefficient (Wildman–Crippen LogP) is 3.74. The van der Waals surface area contributed by atoms with Crippen molar-refractivity contribution in [2.45, 2.75) is 82.7 Å². The molecule has 33 heavy (non-hydrogen) atoms. The summed E-state index contributed by atoms with van der Waals surface area (Å²) in [6, 6.07) is 2.56. The molecule has 6 nitrogen and oxygen atoms in total. The molecule has 178 valence electrons. The van der Waals surface area contributed by atoms with Crippen molar-refractivity contribution in [3.8, 4) is 0 Å². The van der Waals surface area contributed by atoms with E-state index in [4.69, 9.17) is 0 Å². The fourth-order valence-electron chi connectivity index (χ4n) is 6.23. The monoisotopic (exact) mass is 455 g/mol. The number of carbonyl (C=O) groups is 3. The third-order valence-corrected chi connectivity index (χ3v) is 8.25. The molecule has 1 aromatic rings. The fraction of sp³-hybridized carbons (Fsp3) is 0.654. The number of fused-ring (bicyclic) bond motifs is 1. The van der Waals surface area contributed by atoms with Crippen LogP contribution in [0, 0.1) is 11.7 Å². The molecule has 0 radical (unpaired) electrons. The summed E-state index contributed by atoms with van der Waals surface area (Å²) in [5.74, 6) is -0.320. The molecule has 1 atom stereocenters. The second-order valence-corrected chi connectivity index (χ2v) is 10.3. The van der Waals surface area contributed by atoms with Crippen molar-refractivity contribution in [1.82, 2.24) is 15.1 Å². The standard InChI is InChI=1S/C26H34FN3O3/c27-22-15-21-19(16-30(26(21)33)23-6-7-24(31)28-25(23)32)14-20(22)18-9-12-29(13-10-18)11-8-17-4-2-1-3-5-17/h14-15,17-18,23H,1-13,16H2,(H,28,31,32). The van der Waals surface area contributed by atoms with Crippen LogP contribution in [0.2, 0.25) is 0 Å². The molecule has 0 aromatic heterocycles. The normalized spacial score (nSPS) is 25.4. The second-order valence-electron chi connectivity index (χ2n) is 10.3. The van der Waals surface area contributed by atoms with Crippen LogP contribution < -0.4 is 5.32 Å². The molecular formula is C26H34FN3O3. The summed E-state index contributed by atoms with van der Waals surface area (Å²) >= 11 is 0. The van der Waals surface area contributed by atoms with E-state index in [1.807, 2.05) is 6.07 Å². The molecular weight excluding hydrogens is 421 g/mol. The Hall–Kier alpha value is -2.28. The molecule has 1 aliphatic carbocycles. The van der Waals surface area contributed by atoms with Gasteiger partial charge in [0.25, 0.3) is 5.91 Å². The van der Waals surface area contributed by atoms with Crippen LogP contribution in [-0.2, 0) is 16.1 Å². The first kappa shape index (κ1) is 22.5. The zero-order valence-electron chi connectivity index (χ0n) is 19.3. The van der Waals surface area contributed by atoms with Crippen molar-refractivity contribution in [2.75, 3.05) is 19.6 Å². The lowest BCUT2D eigenvalue weighted by Crippen LogP contribution is -2.52. The summed E-state index contributed by atoms with van der Waals surface area (Å²) in [6.07, 6.45) is 10.6. The van der Waals surface area contributed by atoms with Gasteiger partial charge in [-0.1, -0.05) is 38.2 Å². The van der Waals surface area contributed by atoms with Gasteiger partial charge in [-0.3, -0.25) is 19.7 Å². The van der Waals surface area contributed by atoms with Crippen LogP contribution in [0.1, 0.15) is 91.6 Å². The van der Waals surface area contributed by atoms with Crippen LogP contribution in [-0.4, -0.2) is 53.2 Å². The Morgan fingerprint density at radius 1 is 0.970 bits per heavy atom. The minimum Gasteiger partial charge on any atom is -0.322 e. The summed E-state index contributed by atoms with van der Waals surface area (Å²) in [6.45, 7) is 3.44. The Kier molecular flexibility index (Phi) is 6.50. The number of hydrogen-bond donors (Lipinski definition) is 1. The van der Waals surface area contributed by atoms with Gasteiger partial charge in [-0.2, -0.15) is 0 Å². The van der Waals surface area contributed by atoms with E-state index in [2.05, 4.69) is 10.2 Å². The van der Waals surface area contributed by atoms with Crippen molar-refractivity contribution < 1.29 is 18.8 Å². The molecule has 7 heteroatoms. The van der Waals surface area contributed by atoms with E-state index in [0.29, 0.717) is 24.1 Å². The van der Waals surface area contributed by atoms with Crippen LogP contribution in [0.15, 0.2) is 12.1 Å². The van der Waals surface area contributed by atoms with Crippen LogP contribution >= 0.6 is 0 Å². The van der Waals surface area contributed by atoms with Crippen molar-refractivity contribution in [1.29, 1.82) is 0 Å². The molecule has 3 heterocycles. The van der Waals surface area contributed by atoms with Crippen LogP contribution in [0.5, 0.6) is 0 Å². The number of benzene rings is 1. The molecule has 4 aliphatic rings. The van der Waals surface area contributed by atoms with E-state index in [-0.39, 0.29) is 30.0 Å². The summed E-state index contributed by atoms with van der Waals surface area (Å²) in [4.78, 5) is 40.6. The quantitative estimate of drug-likeness (QED) is 0.687. The maximum Gasteiger partial charge on any atom is 0.255 e. The molecule has 3 amide bonds. The lowest BCUT2D eigenvalue weighted by atomic mass is 9.85. The number of nitrogens with zero attached hydrogens (tertiary/aromatic N) is 2. The Balaban J connectivity index is 1.21. The number of imide groups is 1. The smallest absolute Gasteiger partial charge is 0.255 e.